The molecule has 0 aliphatic carbocycles. The molecular formula is C10H17Cl2N3. The molecule has 3 nitrogen and oxygen atoms in total. The van der Waals surface area contributed by atoms with Gasteiger partial charge in [-0.2, -0.15) is 0 Å². The van der Waals surface area contributed by atoms with Crippen molar-refractivity contribution in [3.8, 4) is 0 Å². The van der Waals surface area contributed by atoms with Gasteiger partial charge >= 0.3 is 0 Å². The molecule has 1 aromatic rings. The number of anilines is 1. The first kappa shape index (κ1) is 16.5. The SMILES string of the molecule is CN(CCC(=N)N)c1ccccc1.Cl.Cl. The zero-order valence-corrected chi connectivity index (χ0v) is 10.3. The van der Waals surface area contributed by atoms with Gasteiger partial charge in [-0.25, -0.2) is 0 Å². The fourth-order valence-electron chi connectivity index (χ4n) is 1.10. The average molecular weight is 250 g/mol. The van der Waals surface area contributed by atoms with Gasteiger partial charge in [0, 0.05) is 25.7 Å². The van der Waals surface area contributed by atoms with E-state index in [4.69, 9.17) is 11.1 Å². The summed E-state index contributed by atoms with van der Waals surface area (Å²) in [6.07, 6.45) is 0.616. The number of para-hydroxylation sites is 1. The number of nitrogens with two attached hydrogens (primary N) is 1. The molecule has 0 aliphatic rings. The smallest absolute Gasteiger partial charge is 0.0923 e. The van der Waals surface area contributed by atoms with Crippen molar-refractivity contribution in [3.05, 3.63) is 30.3 Å². The number of benzene rings is 1. The summed E-state index contributed by atoms with van der Waals surface area (Å²) < 4.78 is 0. The number of rotatable bonds is 4. The molecule has 0 heterocycles. The summed E-state index contributed by atoms with van der Waals surface area (Å²) in [7, 11) is 2.00. The van der Waals surface area contributed by atoms with Crippen LogP contribution in [0, 0.1) is 5.41 Å². The van der Waals surface area contributed by atoms with Crippen LogP contribution >= 0.6 is 24.8 Å². The van der Waals surface area contributed by atoms with E-state index in [9.17, 15) is 0 Å². The average Bonchev–Trinajstić information content (AvgIpc) is 2.15. The molecule has 15 heavy (non-hydrogen) atoms. The first-order valence-electron chi connectivity index (χ1n) is 4.29. The first-order chi connectivity index (χ1) is 6.20. The number of nitrogens with one attached hydrogen (secondary N) is 1. The molecule has 0 atom stereocenters. The van der Waals surface area contributed by atoms with Crippen molar-refractivity contribution < 1.29 is 0 Å². The molecule has 0 saturated heterocycles. The van der Waals surface area contributed by atoms with Gasteiger partial charge in [0.1, 0.15) is 0 Å². The molecule has 0 saturated carbocycles. The summed E-state index contributed by atoms with van der Waals surface area (Å²) in [5, 5.41) is 7.10. The van der Waals surface area contributed by atoms with Crippen molar-refractivity contribution in [2.45, 2.75) is 6.42 Å². The molecule has 86 valence electrons. The summed E-state index contributed by atoms with van der Waals surface area (Å²) in [5.74, 6) is 0.239. The topological polar surface area (TPSA) is 53.1 Å². The van der Waals surface area contributed by atoms with Gasteiger partial charge in [-0.1, -0.05) is 18.2 Å². The molecule has 0 bridgehead atoms. The fraction of sp³-hybridized carbons (Fsp3) is 0.300. The molecule has 5 heteroatoms. The molecule has 0 aromatic heterocycles. The van der Waals surface area contributed by atoms with Crippen molar-refractivity contribution in [1.29, 1.82) is 5.41 Å². The first-order valence-corrected chi connectivity index (χ1v) is 4.29. The van der Waals surface area contributed by atoms with Crippen LogP contribution in [0.5, 0.6) is 0 Å². The Morgan fingerprint density at radius 2 is 1.80 bits per heavy atom. The van der Waals surface area contributed by atoms with Crippen LogP contribution in [0.1, 0.15) is 6.42 Å². The third-order valence-corrected chi connectivity index (χ3v) is 1.91. The second-order valence-corrected chi connectivity index (χ2v) is 3.03. The normalized spacial score (nSPS) is 8.33. The summed E-state index contributed by atoms with van der Waals surface area (Å²) >= 11 is 0. The second-order valence-electron chi connectivity index (χ2n) is 3.03. The Morgan fingerprint density at radius 3 is 2.27 bits per heavy atom. The second kappa shape index (κ2) is 8.38. The number of halogens is 2. The van der Waals surface area contributed by atoms with Crippen LogP contribution in [0.3, 0.4) is 0 Å². The van der Waals surface area contributed by atoms with E-state index >= 15 is 0 Å². The lowest BCUT2D eigenvalue weighted by molar-refractivity contribution is 0.911. The highest BCUT2D eigenvalue weighted by molar-refractivity contribution is 5.85. The van der Waals surface area contributed by atoms with Gasteiger partial charge in [0.05, 0.1) is 5.84 Å². The van der Waals surface area contributed by atoms with E-state index in [-0.39, 0.29) is 30.6 Å². The Kier molecular flexibility index (Phi) is 9.22. The lowest BCUT2D eigenvalue weighted by atomic mass is 10.3. The lowest BCUT2D eigenvalue weighted by Crippen LogP contribution is -2.23. The van der Waals surface area contributed by atoms with Crippen LogP contribution in [0.15, 0.2) is 30.3 Å². The standard InChI is InChI=1S/C10H15N3.2ClH/c1-13(8-7-10(11)12)9-5-3-2-4-6-9;;/h2-6H,7-8H2,1H3,(H3,11,12);2*1H. The van der Waals surface area contributed by atoms with Gasteiger partial charge in [0.15, 0.2) is 0 Å². The molecule has 1 rings (SSSR count). The molecule has 0 aliphatic heterocycles. The van der Waals surface area contributed by atoms with Gasteiger partial charge in [-0.15, -0.1) is 24.8 Å². The Labute approximate surface area is 103 Å². The molecule has 3 N–H and O–H groups in total. The van der Waals surface area contributed by atoms with Gasteiger partial charge < -0.3 is 10.6 Å². The number of hydrogen-bond acceptors (Lipinski definition) is 2. The van der Waals surface area contributed by atoms with E-state index in [0.717, 1.165) is 12.2 Å². The molecular weight excluding hydrogens is 233 g/mol. The predicted octanol–water partition coefficient (Wildman–Crippen LogP) is 2.29. The maximum atomic E-state index is 7.10. The van der Waals surface area contributed by atoms with Gasteiger partial charge in [0.2, 0.25) is 0 Å². The third kappa shape index (κ3) is 6.20. The number of amidine groups is 1. The summed E-state index contributed by atoms with van der Waals surface area (Å²) in [6.45, 7) is 0.791. The Hall–Kier alpha value is -0.930. The summed E-state index contributed by atoms with van der Waals surface area (Å²) in [6, 6.07) is 10.1. The predicted molar refractivity (Wildman–Crippen MR) is 70.7 cm³/mol. The van der Waals surface area contributed by atoms with Crippen LogP contribution in [0.25, 0.3) is 0 Å². The number of hydrogen-bond donors (Lipinski definition) is 2. The highest BCUT2D eigenvalue weighted by Gasteiger charge is 1.99. The zero-order chi connectivity index (χ0) is 9.68. The minimum absolute atomic E-state index is 0. The van der Waals surface area contributed by atoms with Crippen molar-refractivity contribution in [3.63, 3.8) is 0 Å². The molecule has 0 amide bonds. The Balaban J connectivity index is 0. The van der Waals surface area contributed by atoms with Crippen molar-refractivity contribution >= 4 is 36.3 Å². The van der Waals surface area contributed by atoms with Crippen LogP contribution in [0.2, 0.25) is 0 Å². The highest BCUT2D eigenvalue weighted by Crippen LogP contribution is 2.10. The Bertz CT molecular complexity index is 277. The van der Waals surface area contributed by atoms with Crippen molar-refractivity contribution in [1.82, 2.24) is 0 Å². The van der Waals surface area contributed by atoms with E-state index in [2.05, 4.69) is 4.90 Å². The monoisotopic (exact) mass is 249 g/mol. The van der Waals surface area contributed by atoms with Gasteiger partial charge in [0.25, 0.3) is 0 Å². The zero-order valence-electron chi connectivity index (χ0n) is 8.64. The van der Waals surface area contributed by atoms with Crippen molar-refractivity contribution in [2.75, 3.05) is 18.5 Å². The molecule has 0 fully saturated rings. The van der Waals surface area contributed by atoms with Crippen LogP contribution in [-0.4, -0.2) is 19.4 Å². The van der Waals surface area contributed by atoms with Crippen LogP contribution in [0.4, 0.5) is 5.69 Å². The largest absolute Gasteiger partial charge is 0.388 e. The fourth-order valence-corrected chi connectivity index (χ4v) is 1.10. The van der Waals surface area contributed by atoms with E-state index in [1.54, 1.807) is 0 Å². The van der Waals surface area contributed by atoms with Crippen LogP contribution < -0.4 is 10.6 Å². The van der Waals surface area contributed by atoms with Gasteiger partial charge in [-0.05, 0) is 12.1 Å². The minimum Gasteiger partial charge on any atom is -0.388 e. The van der Waals surface area contributed by atoms with Crippen LogP contribution in [-0.2, 0) is 0 Å². The minimum atomic E-state index is 0. The molecule has 0 unspecified atom stereocenters. The lowest BCUT2D eigenvalue weighted by Gasteiger charge is -2.18. The van der Waals surface area contributed by atoms with Gasteiger partial charge in [-0.3, -0.25) is 5.41 Å². The molecule has 0 radical (unpaired) electrons. The highest BCUT2D eigenvalue weighted by atomic mass is 35.5. The van der Waals surface area contributed by atoms with E-state index in [1.165, 1.54) is 0 Å². The quantitative estimate of drug-likeness (QED) is 0.636. The number of nitrogens with zero attached hydrogens (tertiary/aromatic N) is 1. The maximum Gasteiger partial charge on any atom is 0.0923 e. The maximum absolute atomic E-state index is 7.10. The van der Waals surface area contributed by atoms with Crippen molar-refractivity contribution in [2.24, 2.45) is 5.73 Å². The molecule has 0 spiro atoms. The van der Waals surface area contributed by atoms with E-state index in [1.807, 2.05) is 37.4 Å². The Morgan fingerprint density at radius 1 is 1.27 bits per heavy atom. The molecule has 1 aromatic carbocycles. The third-order valence-electron chi connectivity index (χ3n) is 1.91. The van der Waals surface area contributed by atoms with E-state index < -0.39 is 0 Å². The van der Waals surface area contributed by atoms with E-state index in [0.29, 0.717) is 6.42 Å². The summed E-state index contributed by atoms with van der Waals surface area (Å²) in [5.41, 5.74) is 6.43. The summed E-state index contributed by atoms with van der Waals surface area (Å²) in [4.78, 5) is 2.08.